The van der Waals surface area contributed by atoms with Crippen LogP contribution < -0.4 is 0 Å². The number of amides is 1. The lowest BCUT2D eigenvalue weighted by Gasteiger charge is -2.26. The number of hydrogen-bond donors (Lipinski definition) is 1. The molecule has 1 N–H and O–H groups in total. The minimum absolute atomic E-state index is 0.146. The van der Waals surface area contributed by atoms with Crippen LogP contribution in [-0.4, -0.2) is 48.2 Å². The van der Waals surface area contributed by atoms with Gasteiger partial charge in [0.2, 0.25) is 0 Å². The van der Waals surface area contributed by atoms with E-state index in [0.29, 0.717) is 5.56 Å². The van der Waals surface area contributed by atoms with Gasteiger partial charge in [0.1, 0.15) is 5.92 Å². The summed E-state index contributed by atoms with van der Waals surface area (Å²) >= 11 is 5.43. The topological polar surface area (TPSA) is 66.8 Å². The highest BCUT2D eigenvalue weighted by atomic mass is 127. The first-order valence-electron chi connectivity index (χ1n) is 5.94. The Bertz CT molecular complexity index is 551. The second kappa shape index (κ2) is 6.40. The third kappa shape index (κ3) is 3.15. The summed E-state index contributed by atoms with van der Waals surface area (Å²) in [4.78, 5) is 25.2. The summed E-state index contributed by atoms with van der Waals surface area (Å²) in [7, 11) is 1.62. The number of carboxylic acid groups (broad SMARTS) is 1. The molecule has 108 valence electrons. The predicted octanol–water partition coefficient (Wildman–Crippen LogP) is 2.23. The van der Waals surface area contributed by atoms with Crippen molar-refractivity contribution < 1.29 is 19.4 Å². The predicted molar refractivity (Wildman–Crippen MR) is 84.7 cm³/mol. The van der Waals surface area contributed by atoms with Gasteiger partial charge < -0.3 is 14.7 Å². The number of carbonyl (C=O) groups excluding carboxylic acids is 1. The molecule has 0 spiro atoms. The van der Waals surface area contributed by atoms with Gasteiger partial charge in [-0.2, -0.15) is 0 Å². The Balaban J connectivity index is 2.24. The molecule has 0 saturated carbocycles. The quantitative estimate of drug-likeness (QED) is 0.712. The second-order valence-corrected chi connectivity index (χ2v) is 6.67. The van der Waals surface area contributed by atoms with Gasteiger partial charge in [-0.15, -0.1) is 0 Å². The van der Waals surface area contributed by atoms with Crippen molar-refractivity contribution in [2.75, 3.05) is 20.3 Å². The highest BCUT2D eigenvalue weighted by Crippen LogP contribution is 2.24. The maximum Gasteiger partial charge on any atom is 0.311 e. The highest BCUT2D eigenvalue weighted by molar-refractivity contribution is 14.1. The molecule has 5 nitrogen and oxygen atoms in total. The van der Waals surface area contributed by atoms with Gasteiger partial charge in [-0.25, -0.2) is 0 Å². The number of nitrogens with zero attached hydrogens (tertiary/aromatic N) is 1. The van der Waals surface area contributed by atoms with E-state index in [4.69, 9.17) is 9.84 Å². The summed E-state index contributed by atoms with van der Waals surface area (Å²) in [6, 6.07) is 5.00. The molecule has 2 atom stereocenters. The van der Waals surface area contributed by atoms with Gasteiger partial charge in [-0.3, -0.25) is 9.59 Å². The Morgan fingerprint density at radius 1 is 1.45 bits per heavy atom. The molecular formula is C13H13BrINO4. The molecule has 1 aromatic carbocycles. The Labute approximate surface area is 138 Å². The number of hydrogen-bond acceptors (Lipinski definition) is 3. The van der Waals surface area contributed by atoms with Crippen LogP contribution >= 0.6 is 38.5 Å². The van der Waals surface area contributed by atoms with Crippen LogP contribution in [0.4, 0.5) is 0 Å². The molecule has 1 heterocycles. The van der Waals surface area contributed by atoms with Gasteiger partial charge in [0.05, 0.1) is 24.8 Å². The molecule has 1 aromatic rings. The summed E-state index contributed by atoms with van der Waals surface area (Å²) in [5.74, 6) is -1.80. The number of ether oxygens (including phenoxy) is 1. The number of aliphatic carboxylic acids is 1. The normalized spacial score (nSPS) is 21.8. The number of benzene rings is 1. The zero-order chi connectivity index (χ0) is 14.9. The first-order chi connectivity index (χ1) is 9.41. The van der Waals surface area contributed by atoms with Crippen molar-refractivity contribution >= 4 is 50.4 Å². The van der Waals surface area contributed by atoms with E-state index < -0.39 is 17.9 Å². The van der Waals surface area contributed by atoms with E-state index in [1.807, 2.05) is 12.1 Å². The zero-order valence-corrected chi connectivity index (χ0v) is 14.4. The molecule has 1 saturated heterocycles. The van der Waals surface area contributed by atoms with Crippen molar-refractivity contribution in [3.8, 4) is 0 Å². The largest absolute Gasteiger partial charge is 0.481 e. The first-order valence-corrected chi connectivity index (χ1v) is 7.81. The monoisotopic (exact) mass is 453 g/mol. The average Bonchev–Trinajstić information content (AvgIpc) is 2.89. The molecule has 1 amide bonds. The standard InChI is InChI=1S/C13H13BrINO4/c1-16(11-6-20-5-9(11)13(18)19)12(17)8-4-7(14)2-3-10(8)15/h2-4,9,11H,5-6H2,1H3,(H,18,19). The molecule has 1 aliphatic rings. The third-order valence-corrected chi connectivity index (χ3v) is 4.78. The molecule has 2 unspecified atom stereocenters. The fourth-order valence-corrected chi connectivity index (χ4v) is 3.09. The Kier molecular flexibility index (Phi) is 5.03. The van der Waals surface area contributed by atoms with Gasteiger partial charge in [-0.1, -0.05) is 15.9 Å². The fourth-order valence-electron chi connectivity index (χ4n) is 2.16. The Morgan fingerprint density at radius 2 is 2.15 bits per heavy atom. The summed E-state index contributed by atoms with van der Waals surface area (Å²) < 4.78 is 6.85. The van der Waals surface area contributed by atoms with Crippen molar-refractivity contribution in [3.63, 3.8) is 0 Å². The highest BCUT2D eigenvalue weighted by Gasteiger charge is 2.38. The van der Waals surface area contributed by atoms with E-state index in [9.17, 15) is 9.59 Å². The lowest BCUT2D eigenvalue weighted by molar-refractivity contribution is -0.142. The molecule has 0 aliphatic carbocycles. The van der Waals surface area contributed by atoms with Crippen molar-refractivity contribution in [1.82, 2.24) is 4.90 Å². The lowest BCUT2D eigenvalue weighted by Crippen LogP contribution is -2.44. The molecule has 20 heavy (non-hydrogen) atoms. The van der Waals surface area contributed by atoms with Crippen molar-refractivity contribution in [3.05, 3.63) is 31.8 Å². The van der Waals surface area contributed by atoms with Gasteiger partial charge in [-0.05, 0) is 40.8 Å². The van der Waals surface area contributed by atoms with Crippen LogP contribution in [0.2, 0.25) is 0 Å². The number of halogens is 2. The maximum absolute atomic E-state index is 12.5. The van der Waals surface area contributed by atoms with Crippen LogP contribution in [0.1, 0.15) is 10.4 Å². The van der Waals surface area contributed by atoms with E-state index in [1.54, 1.807) is 13.1 Å². The SMILES string of the molecule is CN(C(=O)c1cc(Br)ccc1I)C1COCC1C(=O)O. The van der Waals surface area contributed by atoms with Crippen LogP contribution in [0.3, 0.4) is 0 Å². The maximum atomic E-state index is 12.5. The number of carbonyl (C=O) groups is 2. The van der Waals surface area contributed by atoms with Crippen LogP contribution in [-0.2, 0) is 9.53 Å². The summed E-state index contributed by atoms with van der Waals surface area (Å²) in [5.41, 5.74) is 0.554. The van der Waals surface area contributed by atoms with Gasteiger partial charge in [0, 0.05) is 15.1 Å². The van der Waals surface area contributed by atoms with E-state index >= 15 is 0 Å². The minimum atomic E-state index is -0.934. The molecule has 7 heteroatoms. The molecule has 0 aromatic heterocycles. The molecule has 0 bridgehead atoms. The van der Waals surface area contributed by atoms with Gasteiger partial charge in [0.15, 0.2) is 0 Å². The van der Waals surface area contributed by atoms with Crippen LogP contribution in [0.25, 0.3) is 0 Å². The minimum Gasteiger partial charge on any atom is -0.481 e. The second-order valence-electron chi connectivity index (χ2n) is 4.59. The Hall–Kier alpha value is -0.670. The smallest absolute Gasteiger partial charge is 0.311 e. The van der Waals surface area contributed by atoms with E-state index in [2.05, 4.69) is 38.5 Å². The summed E-state index contributed by atoms with van der Waals surface area (Å²) in [6.45, 7) is 0.400. The van der Waals surface area contributed by atoms with Crippen LogP contribution in [0.15, 0.2) is 22.7 Å². The van der Waals surface area contributed by atoms with Gasteiger partial charge >= 0.3 is 5.97 Å². The zero-order valence-electron chi connectivity index (χ0n) is 10.7. The first kappa shape index (κ1) is 15.7. The number of rotatable bonds is 3. The van der Waals surface area contributed by atoms with E-state index in [1.165, 1.54) is 4.90 Å². The summed E-state index contributed by atoms with van der Waals surface area (Å²) in [6.07, 6.45) is 0. The molecule has 1 fully saturated rings. The van der Waals surface area contributed by atoms with Crippen LogP contribution in [0, 0.1) is 9.49 Å². The van der Waals surface area contributed by atoms with Gasteiger partial charge in [0.25, 0.3) is 5.91 Å². The van der Waals surface area contributed by atoms with Crippen molar-refractivity contribution in [2.24, 2.45) is 5.92 Å². The molecule has 0 radical (unpaired) electrons. The Morgan fingerprint density at radius 3 is 2.80 bits per heavy atom. The molecule has 2 rings (SSSR count). The molecular weight excluding hydrogens is 441 g/mol. The number of carboxylic acids is 1. The average molecular weight is 454 g/mol. The molecule has 1 aliphatic heterocycles. The fraction of sp³-hybridized carbons (Fsp3) is 0.385. The van der Waals surface area contributed by atoms with Crippen LogP contribution in [0.5, 0.6) is 0 Å². The summed E-state index contributed by atoms with van der Waals surface area (Å²) in [5, 5.41) is 9.16. The number of likely N-dealkylation sites (N-methyl/N-ethyl adjacent to an activating group) is 1. The van der Waals surface area contributed by atoms with E-state index in [0.717, 1.165) is 8.04 Å². The van der Waals surface area contributed by atoms with Crippen molar-refractivity contribution in [1.29, 1.82) is 0 Å². The van der Waals surface area contributed by atoms with Crippen molar-refractivity contribution in [2.45, 2.75) is 6.04 Å². The van der Waals surface area contributed by atoms with E-state index in [-0.39, 0.29) is 19.1 Å². The lowest BCUT2D eigenvalue weighted by atomic mass is 10.0. The third-order valence-electron chi connectivity index (χ3n) is 3.34.